The fourth-order valence-electron chi connectivity index (χ4n) is 1.57. The summed E-state index contributed by atoms with van der Waals surface area (Å²) >= 11 is 8.19. The van der Waals surface area contributed by atoms with Gasteiger partial charge in [-0.25, -0.2) is 0 Å². The molecule has 0 aliphatic heterocycles. The number of carbonyl (C=O) groups excluding carboxylic acids is 1. The molecule has 1 aromatic carbocycles. The zero-order valence-corrected chi connectivity index (χ0v) is 12.1. The van der Waals surface area contributed by atoms with E-state index in [-0.39, 0.29) is 5.78 Å². The Balaban J connectivity index is 2.43. The number of carbonyl (C=O) groups is 1. The van der Waals surface area contributed by atoms with Crippen molar-refractivity contribution in [3.63, 3.8) is 0 Å². The highest BCUT2D eigenvalue weighted by Gasteiger charge is 2.18. The average molecular weight is 361 g/mol. The maximum atomic E-state index is 12.3. The Morgan fingerprint density at radius 1 is 1.41 bits per heavy atom. The minimum atomic E-state index is -0.0919. The zero-order valence-electron chi connectivity index (χ0n) is 9.15. The second-order valence-corrected chi connectivity index (χ2v) is 5.15. The van der Waals surface area contributed by atoms with E-state index in [4.69, 9.17) is 11.6 Å². The molecule has 1 heterocycles. The lowest BCUT2D eigenvalue weighted by molar-refractivity contribution is 0.102. The van der Waals surface area contributed by atoms with E-state index in [0.29, 0.717) is 22.8 Å². The topological polar surface area (TPSA) is 34.9 Å². The van der Waals surface area contributed by atoms with E-state index in [1.54, 1.807) is 16.8 Å². The molecule has 0 saturated heterocycles. The number of benzene rings is 1. The maximum absolute atomic E-state index is 12.3. The zero-order chi connectivity index (χ0) is 12.4. The van der Waals surface area contributed by atoms with Gasteiger partial charge in [-0.2, -0.15) is 5.10 Å². The van der Waals surface area contributed by atoms with Gasteiger partial charge in [-0.05, 0) is 53.8 Å². The van der Waals surface area contributed by atoms with Gasteiger partial charge in [0.2, 0.25) is 5.78 Å². The molecule has 0 aliphatic carbocycles. The van der Waals surface area contributed by atoms with Crippen molar-refractivity contribution in [2.45, 2.75) is 13.5 Å². The molecule has 0 N–H and O–H groups in total. The second kappa shape index (κ2) is 5.18. The molecule has 3 nitrogen and oxygen atoms in total. The van der Waals surface area contributed by atoms with E-state index in [1.807, 2.05) is 19.1 Å². The Hall–Kier alpha value is -0.880. The molecule has 0 radical (unpaired) electrons. The van der Waals surface area contributed by atoms with Crippen LogP contribution in [0.2, 0.25) is 5.02 Å². The Morgan fingerprint density at radius 3 is 2.65 bits per heavy atom. The van der Waals surface area contributed by atoms with Crippen LogP contribution in [-0.4, -0.2) is 15.6 Å². The van der Waals surface area contributed by atoms with Crippen molar-refractivity contribution in [2.24, 2.45) is 0 Å². The van der Waals surface area contributed by atoms with Crippen molar-refractivity contribution in [3.8, 4) is 0 Å². The number of hydrogen-bond acceptors (Lipinski definition) is 2. The summed E-state index contributed by atoms with van der Waals surface area (Å²) in [5.74, 6) is -0.0919. The van der Waals surface area contributed by atoms with Crippen molar-refractivity contribution in [3.05, 3.63) is 50.3 Å². The van der Waals surface area contributed by atoms with Crippen LogP contribution in [-0.2, 0) is 6.54 Å². The third-order valence-electron chi connectivity index (χ3n) is 2.42. The Bertz CT molecular complexity index is 548. The third-order valence-corrected chi connectivity index (χ3v) is 3.41. The van der Waals surface area contributed by atoms with Crippen LogP contribution in [0.3, 0.4) is 0 Å². The molecule has 2 aromatic rings. The van der Waals surface area contributed by atoms with Gasteiger partial charge in [0.25, 0.3) is 0 Å². The number of rotatable bonds is 3. The van der Waals surface area contributed by atoms with Crippen LogP contribution in [0.15, 0.2) is 30.5 Å². The van der Waals surface area contributed by atoms with Gasteiger partial charge in [0.1, 0.15) is 5.69 Å². The normalized spacial score (nSPS) is 10.5. The quantitative estimate of drug-likeness (QED) is 0.621. The molecule has 0 fully saturated rings. The molecule has 5 heteroatoms. The molecule has 0 atom stereocenters. The van der Waals surface area contributed by atoms with Gasteiger partial charge in [0.15, 0.2) is 0 Å². The van der Waals surface area contributed by atoms with E-state index in [0.717, 1.165) is 3.57 Å². The summed E-state index contributed by atoms with van der Waals surface area (Å²) in [5.41, 5.74) is 1.08. The molecule has 0 unspecified atom stereocenters. The number of halogens is 2. The van der Waals surface area contributed by atoms with E-state index in [1.165, 1.54) is 6.20 Å². The Morgan fingerprint density at radius 2 is 2.06 bits per heavy atom. The maximum Gasteiger partial charge on any atom is 0.212 e. The highest BCUT2D eigenvalue weighted by molar-refractivity contribution is 14.1. The highest BCUT2D eigenvalue weighted by Crippen LogP contribution is 2.19. The lowest BCUT2D eigenvalue weighted by Crippen LogP contribution is -2.11. The summed E-state index contributed by atoms with van der Waals surface area (Å²) in [7, 11) is 0. The molecule has 0 aliphatic rings. The van der Waals surface area contributed by atoms with Gasteiger partial charge < -0.3 is 0 Å². The van der Waals surface area contributed by atoms with Crippen LogP contribution in [0.25, 0.3) is 0 Å². The molecular formula is C12H10ClIN2O. The number of aryl methyl sites for hydroxylation is 1. The van der Waals surface area contributed by atoms with Crippen LogP contribution < -0.4 is 0 Å². The fraction of sp³-hybridized carbons (Fsp3) is 0.167. The van der Waals surface area contributed by atoms with Gasteiger partial charge in [-0.1, -0.05) is 11.6 Å². The summed E-state index contributed by atoms with van der Waals surface area (Å²) in [6, 6.07) is 7.39. The first kappa shape index (κ1) is 12.6. The number of aromatic nitrogens is 2. The minimum absolute atomic E-state index is 0.0919. The average Bonchev–Trinajstić information content (AvgIpc) is 2.70. The van der Waals surface area contributed by atoms with Crippen molar-refractivity contribution < 1.29 is 4.79 Å². The third kappa shape index (κ3) is 2.52. The van der Waals surface area contributed by atoms with Gasteiger partial charge in [-0.15, -0.1) is 0 Å². The van der Waals surface area contributed by atoms with Crippen LogP contribution in [0.5, 0.6) is 0 Å². The largest absolute Gasteiger partial charge is 0.287 e. The van der Waals surface area contributed by atoms with Gasteiger partial charge >= 0.3 is 0 Å². The van der Waals surface area contributed by atoms with Gasteiger partial charge in [0.05, 0.1) is 11.2 Å². The van der Waals surface area contributed by atoms with E-state index >= 15 is 0 Å². The van der Waals surface area contributed by atoms with Gasteiger partial charge in [-0.3, -0.25) is 9.48 Å². The summed E-state index contributed by atoms with van der Waals surface area (Å²) in [6.07, 6.45) is 1.50. The molecule has 88 valence electrons. The number of ketones is 1. The fourth-order valence-corrected chi connectivity index (χ4v) is 2.15. The van der Waals surface area contributed by atoms with Gasteiger partial charge in [0, 0.05) is 15.7 Å². The number of hydrogen-bond donors (Lipinski definition) is 0. The van der Waals surface area contributed by atoms with Crippen molar-refractivity contribution in [1.82, 2.24) is 9.78 Å². The lowest BCUT2D eigenvalue weighted by Gasteiger charge is -2.04. The monoisotopic (exact) mass is 360 g/mol. The highest BCUT2D eigenvalue weighted by atomic mass is 127. The molecule has 0 spiro atoms. The first-order valence-electron chi connectivity index (χ1n) is 5.15. The lowest BCUT2D eigenvalue weighted by atomic mass is 10.1. The first-order chi connectivity index (χ1) is 8.13. The Labute approximate surface area is 118 Å². The Kier molecular flexibility index (Phi) is 3.83. The van der Waals surface area contributed by atoms with Crippen molar-refractivity contribution in [1.29, 1.82) is 0 Å². The van der Waals surface area contributed by atoms with Crippen molar-refractivity contribution in [2.75, 3.05) is 0 Å². The molecule has 17 heavy (non-hydrogen) atoms. The van der Waals surface area contributed by atoms with Crippen LogP contribution in [0, 0.1) is 3.57 Å². The summed E-state index contributed by atoms with van der Waals surface area (Å²) in [6.45, 7) is 2.55. The number of nitrogens with zero attached hydrogens (tertiary/aromatic N) is 2. The van der Waals surface area contributed by atoms with E-state index in [2.05, 4.69) is 27.7 Å². The molecular weight excluding hydrogens is 351 g/mol. The molecule has 1 aromatic heterocycles. The predicted octanol–water partition coefficient (Wildman–Crippen LogP) is 3.39. The molecule has 0 amide bonds. The predicted molar refractivity (Wildman–Crippen MR) is 75.5 cm³/mol. The second-order valence-electron chi connectivity index (χ2n) is 3.49. The van der Waals surface area contributed by atoms with E-state index in [9.17, 15) is 4.79 Å². The minimum Gasteiger partial charge on any atom is -0.287 e. The van der Waals surface area contributed by atoms with Crippen LogP contribution in [0.4, 0.5) is 0 Å². The summed E-state index contributed by atoms with van der Waals surface area (Å²) < 4.78 is 2.71. The molecule has 0 saturated carbocycles. The van der Waals surface area contributed by atoms with Crippen LogP contribution in [0.1, 0.15) is 23.0 Å². The summed E-state index contributed by atoms with van der Waals surface area (Å²) in [5, 5.41) is 4.46. The molecule has 0 bridgehead atoms. The smallest absolute Gasteiger partial charge is 0.212 e. The first-order valence-corrected chi connectivity index (χ1v) is 6.60. The SMILES string of the molecule is CCn1ncc(Cl)c1C(=O)c1ccc(I)cc1. The van der Waals surface area contributed by atoms with E-state index < -0.39 is 0 Å². The molecule has 2 rings (SSSR count). The summed E-state index contributed by atoms with van der Waals surface area (Å²) in [4.78, 5) is 12.3. The van der Waals surface area contributed by atoms with Crippen molar-refractivity contribution >= 4 is 40.0 Å². The van der Waals surface area contributed by atoms with Crippen LogP contribution >= 0.6 is 34.2 Å². The standard InChI is InChI=1S/C12H10ClIN2O/c1-2-16-11(10(13)7-15-16)12(17)8-3-5-9(14)6-4-8/h3-7H,2H2,1H3.